The van der Waals surface area contributed by atoms with Crippen molar-refractivity contribution in [2.75, 3.05) is 58.9 Å². The molecule has 1 aromatic heterocycles. The van der Waals surface area contributed by atoms with Crippen LogP contribution in [0.4, 0.5) is 23.2 Å². The van der Waals surface area contributed by atoms with Crippen LogP contribution in [0.3, 0.4) is 0 Å². The van der Waals surface area contributed by atoms with Crippen molar-refractivity contribution in [3.8, 4) is 17.6 Å². The second kappa shape index (κ2) is 15.3. The molecule has 1 fully saturated rings. The summed E-state index contributed by atoms with van der Waals surface area (Å²) in [6, 6.07) is 5.26. The molecule has 3 aromatic rings. The standard InChI is InChI=1S/C32H38F4N6O4/c1-5-46-28-15-22(30(43)37-3)24(33)16-26(28)38-9-6-7-21-13-23(29-27(14-21)42(19-39-29)18-32(34,35)36)31(44)40-25-8-10-41(11-12-45-4)17-20(25)2/h13-16,19-20,25,38H,5,8-12,17-18H2,1-4H3,(H,37,43)(H,40,44)/t20-,25-/m0/s1. The summed E-state index contributed by atoms with van der Waals surface area (Å²) in [5.41, 5.74) is 0.775. The first-order valence-corrected chi connectivity index (χ1v) is 14.9. The summed E-state index contributed by atoms with van der Waals surface area (Å²) in [6.45, 7) is 5.71. The fraction of sp³-hybridized carbons (Fsp3) is 0.469. The van der Waals surface area contributed by atoms with Crippen LogP contribution in [0.25, 0.3) is 11.0 Å². The minimum absolute atomic E-state index is 0.000620. The number of nitrogens with zero attached hydrogens (tertiary/aromatic N) is 3. The molecule has 0 aliphatic carbocycles. The number of carbonyl (C=O) groups is 2. The maximum atomic E-state index is 14.6. The van der Waals surface area contributed by atoms with Crippen molar-refractivity contribution in [2.45, 2.75) is 39.0 Å². The van der Waals surface area contributed by atoms with Crippen LogP contribution >= 0.6 is 0 Å². The molecule has 248 valence electrons. The lowest BCUT2D eigenvalue weighted by Crippen LogP contribution is -2.50. The molecule has 0 radical (unpaired) electrons. The number of alkyl halides is 3. The van der Waals surface area contributed by atoms with Crippen LogP contribution < -0.4 is 20.7 Å². The summed E-state index contributed by atoms with van der Waals surface area (Å²) in [6.07, 6.45) is -2.73. The maximum Gasteiger partial charge on any atom is 0.406 e. The number of ether oxygens (including phenoxy) is 2. The number of nitrogens with one attached hydrogen (secondary N) is 3. The summed E-state index contributed by atoms with van der Waals surface area (Å²) >= 11 is 0. The Kier molecular flexibility index (Phi) is 11.5. The number of likely N-dealkylation sites (tertiary alicyclic amines) is 1. The minimum Gasteiger partial charge on any atom is -0.492 e. The van der Waals surface area contributed by atoms with E-state index in [0.717, 1.165) is 36.6 Å². The first-order valence-electron chi connectivity index (χ1n) is 14.9. The van der Waals surface area contributed by atoms with E-state index in [1.807, 2.05) is 6.92 Å². The Labute approximate surface area is 264 Å². The highest BCUT2D eigenvalue weighted by Gasteiger charge is 2.31. The van der Waals surface area contributed by atoms with E-state index in [9.17, 15) is 27.2 Å². The number of methoxy groups -OCH3 is 1. The Morgan fingerprint density at radius 3 is 2.61 bits per heavy atom. The number of amides is 2. The third-order valence-corrected chi connectivity index (χ3v) is 7.68. The van der Waals surface area contributed by atoms with Crippen LogP contribution in [0, 0.1) is 23.6 Å². The van der Waals surface area contributed by atoms with E-state index >= 15 is 0 Å². The predicted octanol–water partition coefficient (Wildman–Crippen LogP) is 4.05. The molecule has 4 rings (SSSR count). The third-order valence-electron chi connectivity index (χ3n) is 7.68. The number of halogens is 4. The molecule has 0 bridgehead atoms. The highest BCUT2D eigenvalue weighted by Crippen LogP contribution is 2.29. The average molecular weight is 647 g/mol. The van der Waals surface area contributed by atoms with Gasteiger partial charge in [-0.05, 0) is 37.5 Å². The van der Waals surface area contributed by atoms with Gasteiger partial charge in [-0.3, -0.25) is 9.59 Å². The second-order valence-electron chi connectivity index (χ2n) is 11.0. The summed E-state index contributed by atoms with van der Waals surface area (Å²) in [5.74, 6) is 4.34. The molecule has 1 aliphatic rings. The zero-order valence-electron chi connectivity index (χ0n) is 26.2. The number of aromatic nitrogens is 2. The molecule has 2 heterocycles. The second-order valence-corrected chi connectivity index (χ2v) is 11.0. The monoisotopic (exact) mass is 646 g/mol. The van der Waals surface area contributed by atoms with Crippen molar-refractivity contribution in [3.05, 3.63) is 53.1 Å². The summed E-state index contributed by atoms with van der Waals surface area (Å²) < 4.78 is 66.3. The number of carbonyl (C=O) groups excluding carboxylic acids is 2. The fourth-order valence-corrected chi connectivity index (χ4v) is 5.40. The predicted molar refractivity (Wildman–Crippen MR) is 165 cm³/mol. The molecule has 10 nitrogen and oxygen atoms in total. The molecular formula is C32H38F4N6O4. The molecule has 46 heavy (non-hydrogen) atoms. The van der Waals surface area contributed by atoms with Gasteiger partial charge in [-0.25, -0.2) is 9.37 Å². The summed E-state index contributed by atoms with van der Waals surface area (Å²) in [7, 11) is 3.04. The highest BCUT2D eigenvalue weighted by atomic mass is 19.4. The van der Waals surface area contributed by atoms with Gasteiger partial charge in [0.2, 0.25) is 0 Å². The molecule has 2 amide bonds. The van der Waals surface area contributed by atoms with E-state index in [2.05, 4.69) is 37.7 Å². The Hall–Kier alpha value is -4.35. The molecule has 0 unspecified atom stereocenters. The quantitative estimate of drug-likeness (QED) is 0.213. The van der Waals surface area contributed by atoms with E-state index in [1.54, 1.807) is 14.0 Å². The number of benzene rings is 2. The third kappa shape index (κ3) is 8.67. The largest absolute Gasteiger partial charge is 0.492 e. The van der Waals surface area contributed by atoms with Crippen LogP contribution in [-0.4, -0.2) is 92.0 Å². The Morgan fingerprint density at radius 1 is 1.15 bits per heavy atom. The molecular weight excluding hydrogens is 608 g/mol. The number of hydrogen-bond donors (Lipinski definition) is 3. The van der Waals surface area contributed by atoms with Gasteiger partial charge >= 0.3 is 6.18 Å². The number of fused-ring (bicyclic) bond motifs is 1. The van der Waals surface area contributed by atoms with Crippen LogP contribution in [0.1, 0.15) is 46.5 Å². The lowest BCUT2D eigenvalue weighted by atomic mass is 9.93. The van der Waals surface area contributed by atoms with Gasteiger partial charge in [0.25, 0.3) is 11.8 Å². The summed E-state index contributed by atoms with van der Waals surface area (Å²) in [4.78, 5) is 32.0. The van der Waals surface area contributed by atoms with Gasteiger partial charge in [-0.1, -0.05) is 18.8 Å². The van der Waals surface area contributed by atoms with E-state index in [4.69, 9.17) is 9.47 Å². The molecule has 2 aromatic carbocycles. The van der Waals surface area contributed by atoms with Gasteiger partial charge in [-0.2, -0.15) is 13.2 Å². The van der Waals surface area contributed by atoms with Gasteiger partial charge in [0.05, 0.1) is 48.4 Å². The SMILES string of the molecule is CCOc1cc(C(=O)NC)c(F)cc1NCC#Cc1cc(C(=O)N[C@H]2CCN(CCOC)C[C@@H]2C)c2ncn(CC(F)(F)F)c2c1. The normalized spacial score (nSPS) is 16.9. The van der Waals surface area contributed by atoms with Crippen LogP contribution in [0.5, 0.6) is 5.75 Å². The van der Waals surface area contributed by atoms with Crippen LogP contribution in [-0.2, 0) is 11.3 Å². The van der Waals surface area contributed by atoms with Gasteiger partial charge in [0.15, 0.2) is 0 Å². The van der Waals surface area contributed by atoms with Crippen molar-refractivity contribution in [1.29, 1.82) is 0 Å². The van der Waals surface area contributed by atoms with Gasteiger partial charge < -0.3 is 34.9 Å². The lowest BCUT2D eigenvalue weighted by molar-refractivity contribution is -0.140. The molecule has 3 N–H and O–H groups in total. The van der Waals surface area contributed by atoms with Gasteiger partial charge in [-0.15, -0.1) is 0 Å². The molecule has 1 aliphatic heterocycles. The van der Waals surface area contributed by atoms with Crippen molar-refractivity contribution < 1.29 is 36.6 Å². The first-order chi connectivity index (χ1) is 21.9. The zero-order chi connectivity index (χ0) is 33.4. The Bertz CT molecular complexity index is 1610. The number of imidazole rings is 1. The lowest BCUT2D eigenvalue weighted by Gasteiger charge is -2.37. The molecule has 0 saturated carbocycles. The van der Waals surface area contributed by atoms with Crippen LogP contribution in [0.15, 0.2) is 30.6 Å². The number of piperidine rings is 1. The zero-order valence-corrected chi connectivity index (χ0v) is 26.2. The van der Waals surface area contributed by atoms with E-state index in [1.165, 1.54) is 25.2 Å². The van der Waals surface area contributed by atoms with E-state index in [0.29, 0.717) is 18.6 Å². The van der Waals surface area contributed by atoms with Crippen LogP contribution in [0.2, 0.25) is 0 Å². The highest BCUT2D eigenvalue weighted by molar-refractivity contribution is 6.05. The van der Waals surface area contributed by atoms with Crippen molar-refractivity contribution in [2.24, 2.45) is 5.92 Å². The average Bonchev–Trinajstić information content (AvgIpc) is 3.40. The van der Waals surface area contributed by atoms with Gasteiger partial charge in [0, 0.05) is 51.5 Å². The summed E-state index contributed by atoms with van der Waals surface area (Å²) in [5, 5.41) is 8.39. The number of hydrogen-bond acceptors (Lipinski definition) is 7. The number of rotatable bonds is 11. The Balaban J connectivity index is 1.58. The maximum absolute atomic E-state index is 14.6. The number of anilines is 1. The topological polar surface area (TPSA) is 110 Å². The molecule has 0 spiro atoms. The van der Waals surface area contributed by atoms with E-state index < -0.39 is 30.4 Å². The fourth-order valence-electron chi connectivity index (χ4n) is 5.40. The van der Waals surface area contributed by atoms with Crippen molar-refractivity contribution >= 4 is 28.5 Å². The molecule has 2 atom stereocenters. The van der Waals surface area contributed by atoms with Gasteiger partial charge in [0.1, 0.15) is 23.6 Å². The minimum atomic E-state index is -4.51. The van der Waals surface area contributed by atoms with E-state index in [-0.39, 0.29) is 58.7 Å². The molecule has 1 saturated heterocycles. The van der Waals surface area contributed by atoms with Crippen molar-refractivity contribution in [3.63, 3.8) is 0 Å². The Morgan fingerprint density at radius 2 is 1.93 bits per heavy atom. The smallest absolute Gasteiger partial charge is 0.406 e. The first kappa shape index (κ1) is 34.5. The van der Waals surface area contributed by atoms with Crippen molar-refractivity contribution in [1.82, 2.24) is 25.1 Å². The molecule has 14 heteroatoms.